The number of hydrogen-bond donors (Lipinski definition) is 1. The van der Waals surface area contributed by atoms with Crippen LogP contribution in [0.2, 0.25) is 0 Å². The largest absolute Gasteiger partial charge is 0.378 e. The van der Waals surface area contributed by atoms with E-state index in [2.05, 4.69) is 50.4 Å². The Morgan fingerprint density at radius 1 is 1.12 bits per heavy atom. The van der Waals surface area contributed by atoms with Crippen LogP contribution in [0.25, 0.3) is 0 Å². The van der Waals surface area contributed by atoms with E-state index in [1.165, 1.54) is 5.56 Å². The fourth-order valence-electron chi connectivity index (χ4n) is 1.68. The monoisotopic (exact) mass is 235 g/mol. The lowest BCUT2D eigenvalue weighted by atomic mass is 10.2. The molecule has 0 bridgehead atoms. The van der Waals surface area contributed by atoms with E-state index in [1.54, 1.807) is 0 Å². The highest BCUT2D eigenvalue weighted by Gasteiger charge is 2.02. The summed E-state index contributed by atoms with van der Waals surface area (Å²) >= 11 is 0. The third-order valence-corrected chi connectivity index (χ3v) is 2.74. The van der Waals surface area contributed by atoms with Crippen LogP contribution in [0.5, 0.6) is 0 Å². The van der Waals surface area contributed by atoms with Crippen LogP contribution in [0, 0.1) is 0 Å². The second kappa shape index (κ2) is 8.26. The molecular formula is C15H25NO. The molecule has 17 heavy (non-hydrogen) atoms. The summed E-state index contributed by atoms with van der Waals surface area (Å²) in [5, 5.41) is 3.40. The van der Waals surface area contributed by atoms with Gasteiger partial charge in [0.25, 0.3) is 0 Å². The van der Waals surface area contributed by atoms with E-state index >= 15 is 0 Å². The molecule has 0 spiro atoms. The van der Waals surface area contributed by atoms with E-state index in [-0.39, 0.29) is 0 Å². The third kappa shape index (κ3) is 7.14. The van der Waals surface area contributed by atoms with Crippen LogP contribution in [-0.4, -0.2) is 25.3 Å². The van der Waals surface area contributed by atoms with E-state index < -0.39 is 0 Å². The van der Waals surface area contributed by atoms with Crippen LogP contribution >= 0.6 is 0 Å². The van der Waals surface area contributed by atoms with Crippen molar-refractivity contribution in [3.8, 4) is 0 Å². The molecule has 0 radical (unpaired) electrons. The minimum absolute atomic E-state index is 0.338. The van der Waals surface area contributed by atoms with Gasteiger partial charge in [-0.1, -0.05) is 44.2 Å². The highest BCUT2D eigenvalue weighted by Crippen LogP contribution is 2.02. The molecule has 0 saturated heterocycles. The zero-order chi connectivity index (χ0) is 12.5. The van der Waals surface area contributed by atoms with Crippen molar-refractivity contribution in [3.63, 3.8) is 0 Å². The van der Waals surface area contributed by atoms with Gasteiger partial charge in [-0.05, 0) is 31.9 Å². The highest BCUT2D eigenvalue weighted by molar-refractivity contribution is 5.14. The number of hydrogen-bond acceptors (Lipinski definition) is 2. The molecule has 2 nitrogen and oxygen atoms in total. The molecule has 1 aromatic rings. The van der Waals surface area contributed by atoms with Crippen LogP contribution < -0.4 is 5.32 Å². The summed E-state index contributed by atoms with van der Waals surface area (Å²) in [6, 6.07) is 11.1. The minimum atomic E-state index is 0.338. The fourth-order valence-corrected chi connectivity index (χ4v) is 1.68. The SMILES string of the molecule is CC(C)NCCC(C)OCCc1ccccc1. The zero-order valence-electron chi connectivity index (χ0n) is 11.3. The lowest BCUT2D eigenvalue weighted by Gasteiger charge is -2.14. The first-order chi connectivity index (χ1) is 8.18. The summed E-state index contributed by atoms with van der Waals surface area (Å²) in [5.74, 6) is 0. The zero-order valence-corrected chi connectivity index (χ0v) is 11.3. The summed E-state index contributed by atoms with van der Waals surface area (Å²) in [7, 11) is 0. The van der Waals surface area contributed by atoms with Gasteiger partial charge >= 0.3 is 0 Å². The van der Waals surface area contributed by atoms with Crippen molar-refractivity contribution in [2.75, 3.05) is 13.2 Å². The highest BCUT2D eigenvalue weighted by atomic mass is 16.5. The van der Waals surface area contributed by atoms with Gasteiger partial charge < -0.3 is 10.1 Å². The van der Waals surface area contributed by atoms with Crippen LogP contribution in [0.1, 0.15) is 32.8 Å². The number of ether oxygens (including phenoxy) is 1. The molecule has 96 valence electrons. The average Bonchev–Trinajstić information content (AvgIpc) is 2.30. The first-order valence-corrected chi connectivity index (χ1v) is 6.57. The second-order valence-electron chi connectivity index (χ2n) is 4.81. The van der Waals surface area contributed by atoms with Crippen LogP contribution in [-0.2, 0) is 11.2 Å². The topological polar surface area (TPSA) is 21.3 Å². The Morgan fingerprint density at radius 2 is 1.82 bits per heavy atom. The number of rotatable bonds is 8. The maximum absolute atomic E-state index is 5.79. The van der Waals surface area contributed by atoms with E-state index in [9.17, 15) is 0 Å². The molecule has 1 atom stereocenters. The van der Waals surface area contributed by atoms with Gasteiger partial charge in [-0.2, -0.15) is 0 Å². The summed E-state index contributed by atoms with van der Waals surface area (Å²) in [6.07, 6.45) is 2.42. The Bertz CT molecular complexity index is 284. The molecule has 0 amide bonds. The molecule has 0 heterocycles. The molecule has 0 aliphatic heterocycles. The van der Waals surface area contributed by atoms with E-state index in [0.717, 1.165) is 26.0 Å². The lowest BCUT2D eigenvalue weighted by molar-refractivity contribution is 0.0624. The molecule has 0 aromatic heterocycles. The summed E-state index contributed by atoms with van der Waals surface area (Å²) in [5.41, 5.74) is 1.35. The van der Waals surface area contributed by atoms with Crippen molar-refractivity contribution in [1.29, 1.82) is 0 Å². The van der Waals surface area contributed by atoms with Crippen molar-refractivity contribution >= 4 is 0 Å². The minimum Gasteiger partial charge on any atom is -0.378 e. The van der Waals surface area contributed by atoms with E-state index in [0.29, 0.717) is 12.1 Å². The van der Waals surface area contributed by atoms with Crippen molar-refractivity contribution in [3.05, 3.63) is 35.9 Å². The molecule has 0 fully saturated rings. The van der Waals surface area contributed by atoms with Crippen molar-refractivity contribution in [1.82, 2.24) is 5.32 Å². The first kappa shape index (κ1) is 14.2. The molecular weight excluding hydrogens is 210 g/mol. The quantitative estimate of drug-likeness (QED) is 0.748. The summed E-state index contributed by atoms with van der Waals surface area (Å²) in [6.45, 7) is 8.33. The second-order valence-corrected chi connectivity index (χ2v) is 4.81. The number of benzene rings is 1. The third-order valence-electron chi connectivity index (χ3n) is 2.74. The Labute approximate surface area is 105 Å². The van der Waals surface area contributed by atoms with Gasteiger partial charge in [-0.3, -0.25) is 0 Å². The molecule has 1 unspecified atom stereocenters. The molecule has 0 saturated carbocycles. The number of nitrogens with one attached hydrogen (secondary N) is 1. The average molecular weight is 235 g/mol. The van der Waals surface area contributed by atoms with Gasteiger partial charge in [0, 0.05) is 6.04 Å². The van der Waals surface area contributed by atoms with Crippen LogP contribution in [0.4, 0.5) is 0 Å². The molecule has 0 aliphatic carbocycles. The molecule has 1 N–H and O–H groups in total. The standard InChI is InChI=1S/C15H25NO/c1-13(2)16-11-9-14(3)17-12-10-15-7-5-4-6-8-15/h4-8,13-14,16H,9-12H2,1-3H3. The van der Waals surface area contributed by atoms with E-state index in [4.69, 9.17) is 4.74 Å². The van der Waals surface area contributed by atoms with Crippen molar-refractivity contribution < 1.29 is 4.74 Å². The maximum atomic E-state index is 5.79. The van der Waals surface area contributed by atoms with Crippen molar-refractivity contribution in [2.24, 2.45) is 0 Å². The van der Waals surface area contributed by atoms with Gasteiger partial charge in [-0.25, -0.2) is 0 Å². The maximum Gasteiger partial charge on any atom is 0.0559 e. The fraction of sp³-hybridized carbons (Fsp3) is 0.600. The van der Waals surface area contributed by atoms with Gasteiger partial charge in [0.05, 0.1) is 12.7 Å². The molecule has 1 rings (SSSR count). The molecule has 1 aromatic carbocycles. The van der Waals surface area contributed by atoms with Gasteiger partial charge in [-0.15, -0.1) is 0 Å². The Kier molecular flexibility index (Phi) is 6.90. The normalized spacial score (nSPS) is 12.9. The Hall–Kier alpha value is -0.860. The Morgan fingerprint density at radius 3 is 2.47 bits per heavy atom. The summed E-state index contributed by atoms with van der Waals surface area (Å²) < 4.78 is 5.79. The lowest BCUT2D eigenvalue weighted by Crippen LogP contribution is -2.26. The van der Waals surface area contributed by atoms with Crippen molar-refractivity contribution in [2.45, 2.75) is 45.8 Å². The molecule has 0 aliphatic rings. The predicted octanol–water partition coefficient (Wildman–Crippen LogP) is 3.02. The molecule has 2 heteroatoms. The van der Waals surface area contributed by atoms with Crippen LogP contribution in [0.3, 0.4) is 0 Å². The van der Waals surface area contributed by atoms with Gasteiger partial charge in [0.15, 0.2) is 0 Å². The van der Waals surface area contributed by atoms with Gasteiger partial charge in [0.1, 0.15) is 0 Å². The first-order valence-electron chi connectivity index (χ1n) is 6.57. The Balaban J connectivity index is 2.06. The smallest absolute Gasteiger partial charge is 0.0559 e. The van der Waals surface area contributed by atoms with Gasteiger partial charge in [0.2, 0.25) is 0 Å². The van der Waals surface area contributed by atoms with E-state index in [1.807, 2.05) is 6.07 Å². The van der Waals surface area contributed by atoms with Crippen LogP contribution in [0.15, 0.2) is 30.3 Å². The predicted molar refractivity (Wildman–Crippen MR) is 73.3 cm³/mol. The summed E-state index contributed by atoms with van der Waals surface area (Å²) in [4.78, 5) is 0.